The van der Waals surface area contributed by atoms with E-state index in [0.29, 0.717) is 17.7 Å². The van der Waals surface area contributed by atoms with Gasteiger partial charge in [0.15, 0.2) is 5.78 Å². The number of carbonyl (C=O) groups excluding carboxylic acids is 1. The maximum Gasteiger partial charge on any atom is 0.263 e. The number of ketones is 1. The molecule has 0 radical (unpaired) electrons. The van der Waals surface area contributed by atoms with Gasteiger partial charge in [0.25, 0.3) is 5.01 Å². The maximum atomic E-state index is 13.5. The summed E-state index contributed by atoms with van der Waals surface area (Å²) in [5.74, 6) is 0.0556. The first-order chi connectivity index (χ1) is 16.6. The fourth-order valence-electron chi connectivity index (χ4n) is 4.60. The molecule has 0 atom stereocenters. The molecule has 0 spiro atoms. The number of hydrogen-bond acceptors (Lipinski definition) is 6. The van der Waals surface area contributed by atoms with Gasteiger partial charge in [-0.25, -0.2) is 0 Å². The van der Waals surface area contributed by atoms with E-state index in [9.17, 15) is 9.90 Å². The zero-order valence-corrected chi connectivity index (χ0v) is 23.8. The third-order valence-electron chi connectivity index (χ3n) is 6.26. The first-order valence-electron chi connectivity index (χ1n) is 11.6. The zero-order valence-electron chi connectivity index (χ0n) is 20.0. The summed E-state index contributed by atoms with van der Waals surface area (Å²) in [5, 5.41) is 11.7. The van der Waals surface area contributed by atoms with E-state index in [1.165, 1.54) is 20.8 Å². The summed E-state index contributed by atoms with van der Waals surface area (Å²) in [5.41, 5.74) is 4.69. The van der Waals surface area contributed by atoms with E-state index in [-0.39, 0.29) is 36.4 Å². The molecule has 5 nitrogen and oxygen atoms in total. The van der Waals surface area contributed by atoms with Crippen LogP contribution in [-0.4, -0.2) is 42.5 Å². The summed E-state index contributed by atoms with van der Waals surface area (Å²) < 4.78 is 3.46. The quantitative estimate of drug-likeness (QED) is 0.249. The number of allylic oxidation sites excluding steroid dienone is 3. The first-order valence-corrected chi connectivity index (χ1v) is 13.2. The topological polar surface area (TPSA) is 47.7 Å². The highest BCUT2D eigenvalue weighted by Crippen LogP contribution is 2.47. The van der Waals surface area contributed by atoms with Gasteiger partial charge < -0.3 is 38.9 Å². The summed E-state index contributed by atoms with van der Waals surface area (Å²) in [7, 11) is 1.94. The summed E-state index contributed by atoms with van der Waals surface area (Å²) in [4.78, 5) is 18.9. The number of aliphatic hydroxyl groups excluding tert-OH is 1. The van der Waals surface area contributed by atoms with Crippen molar-refractivity contribution in [2.45, 2.75) is 25.3 Å². The molecule has 1 aliphatic carbocycles. The van der Waals surface area contributed by atoms with Gasteiger partial charge in [-0.1, -0.05) is 47.4 Å². The molecular formula is C27H28IN3O2S2. The number of aromatic nitrogens is 1. The number of carbonyl (C=O) groups is 1. The molecule has 0 bridgehead atoms. The van der Waals surface area contributed by atoms with Crippen LogP contribution in [0.3, 0.4) is 0 Å². The molecule has 1 aliphatic heterocycles. The number of rotatable bonds is 7. The molecule has 0 amide bonds. The molecule has 35 heavy (non-hydrogen) atoms. The predicted octanol–water partition coefficient (Wildman–Crippen LogP) is 1.83. The average Bonchev–Trinajstić information content (AvgIpc) is 3.39. The Morgan fingerprint density at radius 2 is 1.83 bits per heavy atom. The highest BCUT2D eigenvalue weighted by atomic mass is 127. The van der Waals surface area contributed by atoms with Gasteiger partial charge in [0, 0.05) is 42.7 Å². The minimum Gasteiger partial charge on any atom is -1.00 e. The van der Waals surface area contributed by atoms with Crippen LogP contribution in [0.15, 0.2) is 81.4 Å². The second kappa shape index (κ2) is 10.9. The van der Waals surface area contributed by atoms with E-state index in [0.717, 1.165) is 28.8 Å². The SMILES string of the molecule is CCN1/C(=C/C2=C(N(C)CCO)C(=C/c3sc4ccccc4[n+]3CC)/C2=O)Sc2ccccc21.[I-]. The van der Waals surface area contributed by atoms with Crippen LogP contribution in [0.2, 0.25) is 0 Å². The molecule has 2 aliphatic rings. The molecule has 0 fully saturated rings. The van der Waals surface area contributed by atoms with Gasteiger partial charge in [0.1, 0.15) is 11.2 Å². The molecule has 3 aromatic rings. The summed E-state index contributed by atoms with van der Waals surface area (Å²) in [6.45, 7) is 6.42. The lowest BCUT2D eigenvalue weighted by Crippen LogP contribution is -3.00. The van der Waals surface area contributed by atoms with Gasteiger partial charge >= 0.3 is 0 Å². The number of benzene rings is 2. The van der Waals surface area contributed by atoms with Crippen molar-refractivity contribution < 1.29 is 38.4 Å². The van der Waals surface area contributed by atoms with Crippen molar-refractivity contribution in [3.8, 4) is 0 Å². The number of nitrogens with zero attached hydrogens (tertiary/aromatic N) is 3. The molecule has 5 rings (SSSR count). The van der Waals surface area contributed by atoms with E-state index in [1.54, 1.807) is 23.1 Å². The van der Waals surface area contributed by atoms with Crippen LogP contribution in [0.4, 0.5) is 5.69 Å². The number of aliphatic hydroxyl groups is 1. The standard InChI is InChI=1S/C27H28N3O2S2.HI/c1-4-29-20-10-6-8-12-22(20)33-24(29)16-18-26(28(3)14-15-31)19(27(18)32)17-25-30(5-2)21-11-7-9-13-23(21)34-25;/h6-13,16-17,31H,4-5,14-15H2,1-3H3;1H/q+1;/p-1. The molecule has 2 heterocycles. The smallest absolute Gasteiger partial charge is 0.263 e. The van der Waals surface area contributed by atoms with Crippen LogP contribution in [0.1, 0.15) is 18.9 Å². The average molecular weight is 618 g/mol. The molecule has 0 saturated carbocycles. The van der Waals surface area contributed by atoms with Crippen LogP contribution in [0.25, 0.3) is 16.3 Å². The largest absolute Gasteiger partial charge is 1.00 e. The summed E-state index contributed by atoms with van der Waals surface area (Å²) in [6.07, 6.45) is 4.05. The number of anilines is 1. The summed E-state index contributed by atoms with van der Waals surface area (Å²) >= 11 is 3.40. The Morgan fingerprint density at radius 3 is 2.57 bits per heavy atom. The van der Waals surface area contributed by atoms with Crippen molar-refractivity contribution >= 4 is 50.9 Å². The second-order valence-corrected chi connectivity index (χ2v) is 10.4. The third kappa shape index (κ3) is 4.57. The van der Waals surface area contributed by atoms with Crippen LogP contribution in [0.5, 0.6) is 0 Å². The van der Waals surface area contributed by atoms with E-state index in [2.05, 4.69) is 47.6 Å². The van der Waals surface area contributed by atoms with E-state index >= 15 is 0 Å². The number of halogens is 1. The van der Waals surface area contributed by atoms with Gasteiger partial charge in [0.2, 0.25) is 5.52 Å². The summed E-state index contributed by atoms with van der Waals surface area (Å²) in [6, 6.07) is 16.7. The minimum atomic E-state index is 0. The predicted molar refractivity (Wildman–Crippen MR) is 141 cm³/mol. The maximum absolute atomic E-state index is 13.5. The van der Waals surface area contributed by atoms with E-state index in [1.807, 2.05) is 48.4 Å². The monoisotopic (exact) mass is 617 g/mol. The van der Waals surface area contributed by atoms with Crippen molar-refractivity contribution in [3.63, 3.8) is 0 Å². The molecule has 8 heteroatoms. The van der Waals surface area contributed by atoms with Crippen molar-refractivity contribution in [3.05, 3.63) is 81.5 Å². The van der Waals surface area contributed by atoms with E-state index < -0.39 is 0 Å². The second-order valence-electron chi connectivity index (χ2n) is 8.24. The van der Waals surface area contributed by atoms with Crippen LogP contribution in [-0.2, 0) is 11.3 Å². The zero-order chi connectivity index (χ0) is 23.8. The highest BCUT2D eigenvalue weighted by Gasteiger charge is 2.37. The Kier molecular flexibility index (Phi) is 8.05. The van der Waals surface area contributed by atoms with Crippen molar-refractivity contribution in [1.82, 2.24) is 4.90 Å². The van der Waals surface area contributed by atoms with Crippen LogP contribution in [0, 0.1) is 0 Å². The Hall–Kier alpha value is -2.14. The fourth-order valence-corrected chi connectivity index (χ4v) is 6.94. The number of Topliss-reactive ketones (excluding diaryl/α,β-unsaturated/α-hetero) is 1. The van der Waals surface area contributed by atoms with Crippen molar-refractivity contribution in [1.29, 1.82) is 0 Å². The van der Waals surface area contributed by atoms with Crippen molar-refractivity contribution in [2.24, 2.45) is 0 Å². The molecule has 0 saturated heterocycles. The number of thioether (sulfide) groups is 1. The number of fused-ring (bicyclic) bond motifs is 2. The van der Waals surface area contributed by atoms with Crippen molar-refractivity contribution in [2.75, 3.05) is 31.6 Å². The van der Waals surface area contributed by atoms with Gasteiger partial charge in [-0.2, -0.15) is 4.57 Å². The van der Waals surface area contributed by atoms with Gasteiger partial charge in [-0.05, 0) is 38.1 Å². The Bertz CT molecular complexity index is 1380. The minimum absolute atomic E-state index is 0. The molecular weight excluding hydrogens is 589 g/mol. The number of para-hydroxylation sites is 2. The highest BCUT2D eigenvalue weighted by molar-refractivity contribution is 8.03. The van der Waals surface area contributed by atoms with Gasteiger partial charge in [-0.15, -0.1) is 0 Å². The Labute approximate surface area is 231 Å². The van der Waals surface area contributed by atoms with Gasteiger partial charge in [0.05, 0.1) is 28.6 Å². The van der Waals surface area contributed by atoms with Crippen LogP contribution < -0.4 is 33.4 Å². The number of aryl methyl sites for hydroxylation is 1. The molecule has 2 aromatic carbocycles. The lowest BCUT2D eigenvalue weighted by Gasteiger charge is -2.32. The molecule has 0 unspecified atom stereocenters. The third-order valence-corrected chi connectivity index (χ3v) is 8.48. The molecule has 1 N–H and O–H groups in total. The fraction of sp³-hybridized carbons (Fsp3) is 0.259. The van der Waals surface area contributed by atoms with E-state index in [4.69, 9.17) is 0 Å². The Balaban J connectivity index is 0.00000289. The Morgan fingerprint density at radius 1 is 1.09 bits per heavy atom. The number of likely N-dealkylation sites (N-methyl/N-ethyl adjacent to an activating group) is 1. The number of thiazole rings is 1. The number of hydrogen-bond donors (Lipinski definition) is 1. The normalized spacial score (nSPS) is 17.3. The molecule has 182 valence electrons. The lowest BCUT2D eigenvalue weighted by molar-refractivity contribution is -0.665. The molecule has 1 aromatic heterocycles. The first kappa shape index (κ1) is 25.9. The van der Waals surface area contributed by atoms with Gasteiger partial charge in [-0.3, -0.25) is 4.79 Å². The lowest BCUT2D eigenvalue weighted by atomic mass is 9.85. The van der Waals surface area contributed by atoms with Crippen LogP contribution >= 0.6 is 23.1 Å².